The van der Waals surface area contributed by atoms with Crippen LogP contribution in [0.3, 0.4) is 0 Å². The van der Waals surface area contributed by atoms with E-state index in [1.807, 2.05) is 11.9 Å². The van der Waals surface area contributed by atoms with E-state index in [1.165, 1.54) is 0 Å². The standard InChI is InChI=1S/C15H22F2N4O/c1-3-4-6-14(19-20-14)7-5-13(22)18-10-12-11-21(2)9-8-15(12,16)17/h1,12H,4-11H2,2H3,(H,18,22). The van der Waals surface area contributed by atoms with Crippen molar-refractivity contribution >= 4 is 5.91 Å². The molecule has 1 N–H and O–H groups in total. The van der Waals surface area contributed by atoms with Gasteiger partial charge in [0, 0.05) is 51.7 Å². The van der Waals surface area contributed by atoms with Crippen LogP contribution in [0.5, 0.6) is 0 Å². The highest BCUT2D eigenvalue weighted by Crippen LogP contribution is 2.37. The van der Waals surface area contributed by atoms with Gasteiger partial charge in [-0.05, 0) is 7.05 Å². The van der Waals surface area contributed by atoms with E-state index in [9.17, 15) is 13.6 Å². The van der Waals surface area contributed by atoms with Gasteiger partial charge in [0.2, 0.25) is 5.91 Å². The van der Waals surface area contributed by atoms with Crippen molar-refractivity contribution in [1.29, 1.82) is 0 Å². The molecule has 22 heavy (non-hydrogen) atoms. The van der Waals surface area contributed by atoms with Gasteiger partial charge in [-0.25, -0.2) is 8.78 Å². The molecule has 2 aliphatic heterocycles. The molecular formula is C15H22F2N4O. The van der Waals surface area contributed by atoms with E-state index in [0.717, 1.165) is 0 Å². The van der Waals surface area contributed by atoms with Crippen molar-refractivity contribution in [2.75, 3.05) is 26.7 Å². The minimum Gasteiger partial charge on any atom is -0.356 e. The summed E-state index contributed by atoms with van der Waals surface area (Å²) in [7, 11) is 1.81. The lowest BCUT2D eigenvalue weighted by atomic mass is 9.93. The number of carbonyl (C=O) groups is 1. The van der Waals surface area contributed by atoms with Crippen molar-refractivity contribution in [1.82, 2.24) is 10.2 Å². The third-order valence-electron chi connectivity index (χ3n) is 4.31. The number of amides is 1. The van der Waals surface area contributed by atoms with Gasteiger partial charge in [-0.3, -0.25) is 4.79 Å². The predicted octanol–water partition coefficient (Wildman–Crippen LogP) is 2.05. The lowest BCUT2D eigenvalue weighted by Gasteiger charge is -2.36. The van der Waals surface area contributed by atoms with Crippen molar-refractivity contribution in [3.63, 3.8) is 0 Å². The average Bonchev–Trinajstić information content (AvgIpc) is 3.25. The zero-order chi connectivity index (χ0) is 16.2. The number of hydrogen-bond acceptors (Lipinski definition) is 4. The predicted molar refractivity (Wildman–Crippen MR) is 78.4 cm³/mol. The lowest BCUT2D eigenvalue weighted by molar-refractivity contribution is -0.124. The van der Waals surface area contributed by atoms with Crippen molar-refractivity contribution in [2.45, 2.75) is 43.7 Å². The summed E-state index contributed by atoms with van der Waals surface area (Å²) in [6.45, 7) is 0.685. The number of halogens is 2. The zero-order valence-electron chi connectivity index (χ0n) is 12.8. The summed E-state index contributed by atoms with van der Waals surface area (Å²) < 4.78 is 27.6. The van der Waals surface area contributed by atoms with Crippen LogP contribution in [0.1, 0.15) is 32.1 Å². The first-order valence-electron chi connectivity index (χ1n) is 7.57. The normalized spacial score (nSPS) is 25.5. The van der Waals surface area contributed by atoms with Gasteiger partial charge in [-0.15, -0.1) is 12.3 Å². The van der Waals surface area contributed by atoms with Crippen LogP contribution in [0.25, 0.3) is 0 Å². The summed E-state index contributed by atoms with van der Waals surface area (Å²) in [4.78, 5) is 13.7. The Bertz CT molecular complexity index is 480. The second-order valence-electron chi connectivity index (χ2n) is 6.16. The van der Waals surface area contributed by atoms with E-state index in [-0.39, 0.29) is 25.3 Å². The molecular weight excluding hydrogens is 290 g/mol. The molecule has 0 radical (unpaired) electrons. The fourth-order valence-corrected chi connectivity index (χ4v) is 2.67. The Morgan fingerprint density at radius 2 is 2.18 bits per heavy atom. The number of alkyl halides is 2. The topological polar surface area (TPSA) is 57.1 Å². The van der Waals surface area contributed by atoms with E-state index in [0.29, 0.717) is 32.4 Å². The van der Waals surface area contributed by atoms with Crippen molar-refractivity contribution < 1.29 is 13.6 Å². The summed E-state index contributed by atoms with van der Waals surface area (Å²) in [5.74, 6) is -1.26. The molecule has 2 aliphatic rings. The second kappa shape index (κ2) is 6.69. The van der Waals surface area contributed by atoms with E-state index in [1.54, 1.807) is 0 Å². The molecule has 0 aromatic carbocycles. The Kier molecular flexibility index (Phi) is 5.12. The first-order valence-corrected chi connectivity index (χ1v) is 7.57. The van der Waals surface area contributed by atoms with Gasteiger partial charge < -0.3 is 10.2 Å². The first kappa shape index (κ1) is 16.8. The molecule has 1 saturated heterocycles. The second-order valence-corrected chi connectivity index (χ2v) is 6.16. The highest BCUT2D eigenvalue weighted by molar-refractivity contribution is 5.76. The molecule has 0 aromatic heterocycles. The van der Waals surface area contributed by atoms with Crippen molar-refractivity contribution in [3.05, 3.63) is 0 Å². The highest BCUT2D eigenvalue weighted by Gasteiger charge is 2.43. The number of terminal acetylenes is 1. The maximum Gasteiger partial charge on any atom is 0.255 e. The molecule has 2 heterocycles. The minimum absolute atomic E-state index is 0.00180. The van der Waals surface area contributed by atoms with Crippen LogP contribution in [-0.2, 0) is 4.79 Å². The minimum atomic E-state index is -2.71. The third kappa shape index (κ3) is 4.47. The Morgan fingerprint density at radius 3 is 2.82 bits per heavy atom. The first-order chi connectivity index (χ1) is 10.4. The molecule has 0 bridgehead atoms. The Hall–Kier alpha value is -1.55. The summed E-state index contributed by atoms with van der Waals surface area (Å²) in [5.41, 5.74) is -0.501. The molecule has 0 saturated carbocycles. The number of nitrogens with one attached hydrogen (secondary N) is 1. The molecule has 1 unspecified atom stereocenters. The van der Waals surface area contributed by atoms with Crippen LogP contribution in [0.4, 0.5) is 8.78 Å². The van der Waals surface area contributed by atoms with Crippen molar-refractivity contribution in [2.24, 2.45) is 16.1 Å². The Balaban J connectivity index is 1.70. The molecule has 5 nitrogen and oxygen atoms in total. The molecule has 0 aliphatic carbocycles. The number of piperidine rings is 1. The Labute approximate surface area is 129 Å². The fraction of sp³-hybridized carbons (Fsp3) is 0.800. The van der Waals surface area contributed by atoms with Crippen LogP contribution in [-0.4, -0.2) is 49.1 Å². The molecule has 1 amide bonds. The quantitative estimate of drug-likeness (QED) is 0.732. The monoisotopic (exact) mass is 312 g/mol. The summed E-state index contributed by atoms with van der Waals surface area (Å²) >= 11 is 0. The number of carbonyl (C=O) groups excluding carboxylic acids is 1. The van der Waals surface area contributed by atoms with Crippen LogP contribution in [0.2, 0.25) is 0 Å². The molecule has 7 heteroatoms. The smallest absolute Gasteiger partial charge is 0.255 e. The van der Waals surface area contributed by atoms with Crippen LogP contribution in [0, 0.1) is 18.3 Å². The molecule has 1 atom stereocenters. The molecule has 1 fully saturated rings. The SMILES string of the molecule is C#CCCC1(CCC(=O)NCC2CN(C)CCC2(F)F)N=N1. The highest BCUT2D eigenvalue weighted by atomic mass is 19.3. The molecule has 122 valence electrons. The van der Waals surface area contributed by atoms with Gasteiger partial charge in [0.1, 0.15) is 0 Å². The van der Waals surface area contributed by atoms with E-state index < -0.39 is 17.5 Å². The third-order valence-corrected chi connectivity index (χ3v) is 4.31. The molecule has 0 aromatic rings. The number of rotatable bonds is 7. The van der Waals surface area contributed by atoms with Crippen molar-refractivity contribution in [3.8, 4) is 12.3 Å². The average molecular weight is 312 g/mol. The van der Waals surface area contributed by atoms with E-state index in [4.69, 9.17) is 6.42 Å². The summed E-state index contributed by atoms with van der Waals surface area (Å²) in [6, 6.07) is 0. The van der Waals surface area contributed by atoms with Crippen LogP contribution < -0.4 is 5.32 Å². The summed E-state index contributed by atoms with van der Waals surface area (Å²) in [6.07, 6.45) is 6.96. The van der Waals surface area contributed by atoms with Crippen LogP contribution >= 0.6 is 0 Å². The lowest BCUT2D eigenvalue weighted by Crippen LogP contribution is -2.50. The van der Waals surface area contributed by atoms with Gasteiger partial charge in [-0.1, -0.05) is 0 Å². The number of nitrogens with zero attached hydrogens (tertiary/aromatic N) is 3. The summed E-state index contributed by atoms with van der Waals surface area (Å²) in [5, 5.41) is 10.5. The molecule has 0 spiro atoms. The zero-order valence-corrected chi connectivity index (χ0v) is 12.8. The maximum atomic E-state index is 13.8. The van der Waals surface area contributed by atoms with Gasteiger partial charge in [-0.2, -0.15) is 10.2 Å². The number of likely N-dealkylation sites (tertiary alicyclic amines) is 1. The van der Waals surface area contributed by atoms with Crippen LogP contribution in [0.15, 0.2) is 10.2 Å². The largest absolute Gasteiger partial charge is 0.356 e. The van der Waals surface area contributed by atoms with Gasteiger partial charge in [0.05, 0.1) is 5.92 Å². The number of hydrogen-bond donors (Lipinski definition) is 1. The fourth-order valence-electron chi connectivity index (χ4n) is 2.67. The van der Waals surface area contributed by atoms with E-state index in [2.05, 4.69) is 21.5 Å². The molecule has 2 rings (SSSR count). The van der Waals surface area contributed by atoms with Gasteiger partial charge >= 0.3 is 0 Å². The van der Waals surface area contributed by atoms with Gasteiger partial charge in [0.15, 0.2) is 5.66 Å². The van der Waals surface area contributed by atoms with Gasteiger partial charge in [0.25, 0.3) is 5.92 Å². The Morgan fingerprint density at radius 1 is 1.45 bits per heavy atom. The maximum absolute atomic E-state index is 13.8. The van der Waals surface area contributed by atoms with E-state index >= 15 is 0 Å².